The second kappa shape index (κ2) is 8.05. The monoisotopic (exact) mass is 425 g/mol. The van der Waals surface area contributed by atoms with Crippen LogP contribution in [0.1, 0.15) is 37.8 Å². The van der Waals surface area contributed by atoms with Crippen LogP contribution in [-0.2, 0) is 21.4 Å². The lowest BCUT2D eigenvalue weighted by atomic mass is 9.86. The van der Waals surface area contributed by atoms with Crippen molar-refractivity contribution >= 4 is 29.1 Å². The van der Waals surface area contributed by atoms with E-state index in [1.165, 1.54) is 0 Å². The average Bonchev–Trinajstić information content (AvgIpc) is 2.95. The summed E-state index contributed by atoms with van der Waals surface area (Å²) in [7, 11) is 0. The predicted octanol–water partition coefficient (Wildman–Crippen LogP) is 3.53. The summed E-state index contributed by atoms with van der Waals surface area (Å²) >= 11 is 5.93. The van der Waals surface area contributed by atoms with Crippen LogP contribution in [0.2, 0.25) is 5.02 Å². The van der Waals surface area contributed by atoms with Crippen molar-refractivity contribution in [1.29, 1.82) is 0 Å². The molecule has 2 aliphatic heterocycles. The standard InChI is InChI=1S/C24H28ClN3O2/c1-24(2)19-5-3-4-6-21(19)28(23(24)30)18-11-13-27(14-12-18)22(29)20(26)15-16-7-9-17(25)10-8-16/h3-10,18,20H,11-15,26H2,1-2H3. The first-order valence-electron chi connectivity index (χ1n) is 10.5. The number of nitrogens with zero attached hydrogens (tertiary/aromatic N) is 2. The number of para-hydroxylation sites is 1. The molecule has 0 radical (unpaired) electrons. The summed E-state index contributed by atoms with van der Waals surface area (Å²) in [5.74, 6) is 0.116. The Bertz CT molecular complexity index is 949. The number of anilines is 1. The Labute approximate surface area is 182 Å². The van der Waals surface area contributed by atoms with Crippen LogP contribution in [0.25, 0.3) is 0 Å². The number of carbonyl (C=O) groups is 2. The number of fused-ring (bicyclic) bond motifs is 1. The third-order valence-corrected chi connectivity index (χ3v) is 6.67. The Morgan fingerprint density at radius 3 is 2.43 bits per heavy atom. The van der Waals surface area contributed by atoms with Crippen LogP contribution in [0.3, 0.4) is 0 Å². The largest absolute Gasteiger partial charge is 0.341 e. The Morgan fingerprint density at radius 2 is 1.77 bits per heavy atom. The van der Waals surface area contributed by atoms with Crippen LogP contribution in [0.4, 0.5) is 5.69 Å². The highest BCUT2D eigenvalue weighted by molar-refractivity contribution is 6.30. The van der Waals surface area contributed by atoms with Crippen molar-refractivity contribution in [2.45, 2.75) is 50.6 Å². The van der Waals surface area contributed by atoms with Crippen LogP contribution < -0.4 is 10.6 Å². The Morgan fingerprint density at radius 1 is 1.13 bits per heavy atom. The normalized spacial score (nSPS) is 19.7. The molecule has 2 N–H and O–H groups in total. The molecule has 0 aromatic heterocycles. The molecule has 2 aromatic carbocycles. The van der Waals surface area contributed by atoms with Crippen molar-refractivity contribution in [2.24, 2.45) is 5.73 Å². The van der Waals surface area contributed by atoms with E-state index in [4.69, 9.17) is 17.3 Å². The first-order chi connectivity index (χ1) is 14.3. The van der Waals surface area contributed by atoms with Crippen LogP contribution in [0.5, 0.6) is 0 Å². The second-order valence-corrected chi connectivity index (χ2v) is 9.25. The number of hydrogen-bond acceptors (Lipinski definition) is 3. The molecule has 158 valence electrons. The van der Waals surface area contributed by atoms with Gasteiger partial charge in [-0.25, -0.2) is 0 Å². The zero-order valence-electron chi connectivity index (χ0n) is 17.5. The highest BCUT2D eigenvalue weighted by Crippen LogP contribution is 2.43. The molecule has 2 aromatic rings. The fraction of sp³-hybridized carbons (Fsp3) is 0.417. The van der Waals surface area contributed by atoms with E-state index in [-0.39, 0.29) is 17.9 Å². The molecule has 2 amide bonds. The van der Waals surface area contributed by atoms with Crippen molar-refractivity contribution in [3.63, 3.8) is 0 Å². The highest BCUT2D eigenvalue weighted by Gasteiger charge is 2.46. The maximum atomic E-state index is 13.2. The van der Waals surface area contributed by atoms with Gasteiger partial charge in [-0.2, -0.15) is 0 Å². The maximum Gasteiger partial charge on any atom is 0.239 e. The van der Waals surface area contributed by atoms with Gasteiger partial charge < -0.3 is 15.5 Å². The third-order valence-electron chi connectivity index (χ3n) is 6.42. The van der Waals surface area contributed by atoms with Crippen LogP contribution in [-0.4, -0.2) is 41.9 Å². The number of piperidine rings is 1. The smallest absolute Gasteiger partial charge is 0.239 e. The van der Waals surface area contributed by atoms with Crippen LogP contribution in [0, 0.1) is 0 Å². The molecule has 0 bridgehead atoms. The molecule has 2 aliphatic rings. The summed E-state index contributed by atoms with van der Waals surface area (Å²) < 4.78 is 0. The minimum absolute atomic E-state index is 0.0307. The molecule has 6 heteroatoms. The SMILES string of the molecule is CC1(C)C(=O)N(C2CCN(C(=O)C(N)Cc3ccc(Cl)cc3)CC2)c2ccccc21. The van der Waals surface area contributed by atoms with Crippen molar-refractivity contribution in [2.75, 3.05) is 18.0 Å². The number of carbonyl (C=O) groups excluding carboxylic acids is 2. The van der Waals surface area contributed by atoms with Gasteiger partial charge in [0.25, 0.3) is 0 Å². The molecule has 2 heterocycles. The number of benzene rings is 2. The number of amides is 2. The van der Waals surface area contributed by atoms with Crippen LogP contribution in [0.15, 0.2) is 48.5 Å². The second-order valence-electron chi connectivity index (χ2n) is 8.81. The van der Waals surface area contributed by atoms with E-state index in [0.717, 1.165) is 29.7 Å². The first kappa shape index (κ1) is 20.9. The zero-order valence-corrected chi connectivity index (χ0v) is 18.2. The summed E-state index contributed by atoms with van der Waals surface area (Å²) in [5, 5.41) is 0.668. The van der Waals surface area contributed by atoms with Gasteiger partial charge in [-0.3, -0.25) is 9.59 Å². The van der Waals surface area contributed by atoms with E-state index in [1.807, 2.05) is 72.2 Å². The molecular formula is C24H28ClN3O2. The van der Waals surface area contributed by atoms with Gasteiger partial charge in [-0.05, 0) is 62.4 Å². The lowest BCUT2D eigenvalue weighted by Crippen LogP contribution is -2.53. The number of halogens is 1. The lowest BCUT2D eigenvalue weighted by Gasteiger charge is -2.38. The topological polar surface area (TPSA) is 66.6 Å². The summed E-state index contributed by atoms with van der Waals surface area (Å²) in [5.41, 5.74) is 8.79. The van der Waals surface area contributed by atoms with Crippen molar-refractivity contribution < 1.29 is 9.59 Å². The van der Waals surface area contributed by atoms with E-state index in [0.29, 0.717) is 24.5 Å². The summed E-state index contributed by atoms with van der Waals surface area (Å²) in [6.07, 6.45) is 2.01. The fourth-order valence-electron chi connectivity index (χ4n) is 4.64. The number of rotatable bonds is 4. The van der Waals surface area contributed by atoms with Crippen molar-refractivity contribution in [1.82, 2.24) is 4.90 Å². The lowest BCUT2D eigenvalue weighted by molar-refractivity contribution is -0.133. The van der Waals surface area contributed by atoms with Crippen molar-refractivity contribution in [3.8, 4) is 0 Å². The molecule has 1 saturated heterocycles. The van der Waals surface area contributed by atoms with Gasteiger partial charge >= 0.3 is 0 Å². The Kier molecular flexibility index (Phi) is 5.60. The number of hydrogen-bond donors (Lipinski definition) is 1. The molecule has 1 unspecified atom stereocenters. The summed E-state index contributed by atoms with van der Waals surface area (Å²) in [4.78, 5) is 29.8. The van der Waals surface area contributed by atoms with Gasteiger partial charge in [0.05, 0.1) is 11.5 Å². The Balaban J connectivity index is 1.40. The van der Waals surface area contributed by atoms with E-state index in [2.05, 4.69) is 0 Å². The molecule has 4 rings (SSSR count). The van der Waals surface area contributed by atoms with Crippen molar-refractivity contribution in [3.05, 3.63) is 64.7 Å². The fourth-order valence-corrected chi connectivity index (χ4v) is 4.77. The van der Waals surface area contributed by atoms with Gasteiger partial charge in [0, 0.05) is 29.8 Å². The molecule has 0 saturated carbocycles. The van der Waals surface area contributed by atoms with Gasteiger partial charge in [0.15, 0.2) is 0 Å². The minimum atomic E-state index is -0.573. The molecule has 30 heavy (non-hydrogen) atoms. The molecule has 0 spiro atoms. The zero-order chi connectivity index (χ0) is 21.5. The summed E-state index contributed by atoms with van der Waals surface area (Å²) in [6.45, 7) is 5.21. The molecule has 0 aliphatic carbocycles. The van der Waals surface area contributed by atoms with Gasteiger partial charge in [-0.1, -0.05) is 41.9 Å². The van der Waals surface area contributed by atoms with E-state index in [9.17, 15) is 9.59 Å². The quantitative estimate of drug-likeness (QED) is 0.814. The summed E-state index contributed by atoms with van der Waals surface area (Å²) in [6, 6.07) is 15.0. The maximum absolute atomic E-state index is 13.2. The number of likely N-dealkylation sites (tertiary alicyclic amines) is 1. The highest BCUT2D eigenvalue weighted by atomic mass is 35.5. The van der Waals surface area contributed by atoms with E-state index in [1.54, 1.807) is 0 Å². The Hall–Kier alpha value is -2.37. The third kappa shape index (κ3) is 3.72. The minimum Gasteiger partial charge on any atom is -0.341 e. The molecule has 1 fully saturated rings. The molecular weight excluding hydrogens is 398 g/mol. The van der Waals surface area contributed by atoms with Gasteiger partial charge in [0.1, 0.15) is 0 Å². The van der Waals surface area contributed by atoms with Gasteiger partial charge in [-0.15, -0.1) is 0 Å². The number of nitrogens with two attached hydrogens (primary N) is 1. The van der Waals surface area contributed by atoms with E-state index < -0.39 is 11.5 Å². The van der Waals surface area contributed by atoms with Crippen LogP contribution >= 0.6 is 11.6 Å². The molecule has 5 nitrogen and oxygen atoms in total. The average molecular weight is 426 g/mol. The molecule has 1 atom stereocenters. The van der Waals surface area contributed by atoms with Gasteiger partial charge in [0.2, 0.25) is 11.8 Å². The predicted molar refractivity (Wildman–Crippen MR) is 120 cm³/mol. The van der Waals surface area contributed by atoms with E-state index >= 15 is 0 Å². The first-order valence-corrected chi connectivity index (χ1v) is 10.9.